The Bertz CT molecular complexity index is 1600. The number of hydrogen-bond acceptors (Lipinski definition) is 6. The largest absolute Gasteiger partial charge is 0.487 e. The fraction of sp³-hybridized carbons (Fsp3) is 0.259. The van der Waals surface area contributed by atoms with Crippen LogP contribution in [0.4, 0.5) is 14.5 Å². The minimum Gasteiger partial charge on any atom is -0.420 e. The average molecular weight is 539 g/mol. The summed E-state index contributed by atoms with van der Waals surface area (Å²) >= 11 is 4.81. The zero-order valence-electron chi connectivity index (χ0n) is 20.1. The summed E-state index contributed by atoms with van der Waals surface area (Å²) in [6.45, 7) is 2.90. The lowest BCUT2D eigenvalue weighted by Gasteiger charge is -2.23. The monoisotopic (exact) mass is 538 g/mol. The molecule has 8 nitrogen and oxygen atoms in total. The molecule has 1 aliphatic heterocycles. The van der Waals surface area contributed by atoms with Gasteiger partial charge >= 0.3 is 5.57 Å². The van der Waals surface area contributed by atoms with E-state index in [1.54, 1.807) is 18.3 Å². The van der Waals surface area contributed by atoms with Crippen molar-refractivity contribution in [3.8, 4) is 16.9 Å². The van der Waals surface area contributed by atoms with Crippen molar-refractivity contribution in [1.29, 1.82) is 0 Å². The van der Waals surface area contributed by atoms with E-state index in [2.05, 4.69) is 19.6 Å². The van der Waals surface area contributed by atoms with Gasteiger partial charge in [0.1, 0.15) is 18.2 Å². The van der Waals surface area contributed by atoms with Crippen LogP contribution in [0.2, 0.25) is 0 Å². The summed E-state index contributed by atoms with van der Waals surface area (Å²) in [6, 6.07) is 10.7. The standard InChI is InChI=1S/C27H21ClF2N4O4/c1-14-12-37-13-24-33-22-10-15(26(36)32-17-2-4-18(5-3-17)38-27(28,29)30)8-19(25(22)34(14)24)16-9-20-21(31-11-16)6-7-23(20)35/h2-5,8-11,14H,6-7,12-13H2,1H3,(H,32,36)/t14-/m1/s1. The number of Topliss-reactive ketones (excluding diaryl/α,β-unsaturated/α-hetero) is 1. The van der Waals surface area contributed by atoms with Gasteiger partial charge in [-0.25, -0.2) is 4.98 Å². The zero-order valence-corrected chi connectivity index (χ0v) is 20.9. The summed E-state index contributed by atoms with van der Waals surface area (Å²) in [6.07, 6.45) is 2.78. The van der Waals surface area contributed by atoms with Crippen molar-refractivity contribution in [2.24, 2.45) is 0 Å². The molecule has 0 saturated heterocycles. The molecule has 1 atom stereocenters. The molecular formula is C27H21ClF2N4O4. The van der Waals surface area contributed by atoms with Gasteiger partial charge in [0.05, 0.1) is 29.4 Å². The van der Waals surface area contributed by atoms with Crippen molar-refractivity contribution in [3.63, 3.8) is 0 Å². The van der Waals surface area contributed by atoms with Crippen LogP contribution in [0.15, 0.2) is 48.7 Å². The molecule has 1 aliphatic carbocycles. The Kier molecular flexibility index (Phi) is 5.88. The summed E-state index contributed by atoms with van der Waals surface area (Å²) in [5, 5.41) is 2.77. The predicted molar refractivity (Wildman–Crippen MR) is 136 cm³/mol. The number of rotatable bonds is 5. The fourth-order valence-electron chi connectivity index (χ4n) is 4.99. The third-order valence-corrected chi connectivity index (χ3v) is 6.74. The number of benzene rings is 2. The molecule has 0 fully saturated rings. The summed E-state index contributed by atoms with van der Waals surface area (Å²) in [5.41, 5.74) is 1.13. The number of carbonyl (C=O) groups is 2. The normalized spacial score (nSPS) is 16.8. The molecule has 3 heterocycles. The molecule has 0 unspecified atom stereocenters. The second kappa shape index (κ2) is 9.14. The highest BCUT2D eigenvalue weighted by atomic mass is 35.5. The number of halogens is 3. The van der Waals surface area contributed by atoms with E-state index in [0.717, 1.165) is 22.6 Å². The molecule has 0 radical (unpaired) electrons. The smallest absolute Gasteiger partial charge is 0.420 e. The third-order valence-electron chi connectivity index (χ3n) is 6.67. The number of ketones is 1. The maximum absolute atomic E-state index is 13.3. The molecule has 0 saturated carbocycles. The Labute approximate surface area is 220 Å². The van der Waals surface area contributed by atoms with E-state index >= 15 is 0 Å². The van der Waals surface area contributed by atoms with Gasteiger partial charge in [-0.3, -0.25) is 14.6 Å². The second-order valence-corrected chi connectivity index (χ2v) is 9.76. The molecular weight excluding hydrogens is 518 g/mol. The average Bonchev–Trinajstić information content (AvgIpc) is 3.44. The van der Waals surface area contributed by atoms with E-state index < -0.39 is 11.5 Å². The van der Waals surface area contributed by atoms with Crippen LogP contribution in [0.5, 0.6) is 5.75 Å². The molecule has 0 spiro atoms. The van der Waals surface area contributed by atoms with Crippen LogP contribution in [0.3, 0.4) is 0 Å². The van der Waals surface area contributed by atoms with Gasteiger partial charge in [-0.1, -0.05) is 0 Å². The van der Waals surface area contributed by atoms with Crippen LogP contribution < -0.4 is 10.1 Å². The first-order valence-electron chi connectivity index (χ1n) is 12.0. The van der Waals surface area contributed by atoms with Crippen LogP contribution in [0.25, 0.3) is 22.2 Å². The van der Waals surface area contributed by atoms with Crippen molar-refractivity contribution in [2.45, 2.75) is 38.0 Å². The minimum atomic E-state index is -3.83. The van der Waals surface area contributed by atoms with Gasteiger partial charge in [-0.2, -0.15) is 0 Å². The number of pyridine rings is 1. The second-order valence-electron chi connectivity index (χ2n) is 9.32. The highest BCUT2D eigenvalue weighted by molar-refractivity contribution is 6.20. The van der Waals surface area contributed by atoms with E-state index in [0.29, 0.717) is 53.9 Å². The maximum Gasteiger partial charge on any atom is 0.487 e. The number of fused-ring (bicyclic) bond motifs is 4. The van der Waals surface area contributed by atoms with E-state index in [1.165, 1.54) is 24.3 Å². The molecule has 4 aromatic rings. The number of aryl methyl sites for hydroxylation is 1. The lowest BCUT2D eigenvalue weighted by molar-refractivity contribution is -0.0964. The van der Waals surface area contributed by atoms with Crippen molar-refractivity contribution < 1.29 is 27.8 Å². The van der Waals surface area contributed by atoms with Crippen LogP contribution in [0.1, 0.15) is 51.6 Å². The molecule has 2 aromatic carbocycles. The van der Waals surface area contributed by atoms with Crippen LogP contribution >= 0.6 is 11.6 Å². The molecule has 0 bridgehead atoms. The minimum absolute atomic E-state index is 0.0206. The zero-order chi connectivity index (χ0) is 26.6. The van der Waals surface area contributed by atoms with Gasteiger partial charge < -0.3 is 19.4 Å². The van der Waals surface area contributed by atoms with Crippen molar-refractivity contribution >= 4 is 40.0 Å². The number of alkyl halides is 3. The summed E-state index contributed by atoms with van der Waals surface area (Å²) in [7, 11) is 0. The first kappa shape index (κ1) is 24.4. The third kappa shape index (κ3) is 4.50. The van der Waals surface area contributed by atoms with Crippen LogP contribution in [0, 0.1) is 0 Å². The maximum atomic E-state index is 13.3. The van der Waals surface area contributed by atoms with Gasteiger partial charge in [-0.05, 0) is 55.8 Å². The molecule has 194 valence electrons. The number of nitrogens with zero attached hydrogens (tertiary/aromatic N) is 3. The van der Waals surface area contributed by atoms with Crippen LogP contribution in [-0.4, -0.2) is 38.4 Å². The number of nitrogens with one attached hydrogen (secondary N) is 1. The Morgan fingerprint density at radius 2 is 1.97 bits per heavy atom. The number of carbonyl (C=O) groups excluding carboxylic acids is 2. The van der Waals surface area contributed by atoms with E-state index in [4.69, 9.17) is 21.3 Å². The number of anilines is 1. The molecule has 6 rings (SSSR count). The molecule has 1 amide bonds. The first-order chi connectivity index (χ1) is 18.2. The Hall–Kier alpha value is -3.89. The number of aromatic nitrogens is 3. The number of ether oxygens (including phenoxy) is 2. The Balaban J connectivity index is 1.41. The molecule has 2 aromatic heterocycles. The Morgan fingerprint density at radius 3 is 2.74 bits per heavy atom. The topological polar surface area (TPSA) is 95.3 Å². The van der Waals surface area contributed by atoms with Crippen LogP contribution in [-0.2, 0) is 17.8 Å². The van der Waals surface area contributed by atoms with Gasteiger partial charge in [0.2, 0.25) is 0 Å². The summed E-state index contributed by atoms with van der Waals surface area (Å²) < 4.78 is 37.9. The quantitative estimate of drug-likeness (QED) is 0.326. The number of imidazole rings is 1. The number of amides is 1. The molecule has 2 aliphatic rings. The lowest BCUT2D eigenvalue weighted by Crippen LogP contribution is -2.21. The van der Waals surface area contributed by atoms with Gasteiger partial charge in [0.25, 0.3) is 5.91 Å². The number of hydrogen-bond donors (Lipinski definition) is 1. The van der Waals surface area contributed by atoms with E-state index in [9.17, 15) is 18.4 Å². The van der Waals surface area contributed by atoms with Crippen molar-refractivity contribution in [2.75, 3.05) is 11.9 Å². The van der Waals surface area contributed by atoms with Gasteiger partial charge in [0, 0.05) is 52.2 Å². The lowest BCUT2D eigenvalue weighted by atomic mass is 9.99. The molecule has 1 N–H and O–H groups in total. The van der Waals surface area contributed by atoms with Crippen molar-refractivity contribution in [3.05, 3.63) is 71.3 Å². The Morgan fingerprint density at radius 1 is 1.18 bits per heavy atom. The predicted octanol–water partition coefficient (Wildman–Crippen LogP) is 5.74. The van der Waals surface area contributed by atoms with E-state index in [1.807, 2.05) is 13.0 Å². The highest BCUT2D eigenvalue weighted by Gasteiger charge is 2.28. The fourth-order valence-corrected chi connectivity index (χ4v) is 5.08. The molecule has 38 heavy (non-hydrogen) atoms. The SMILES string of the molecule is C[C@@H]1COCc2nc3cc(C(=O)Nc4ccc(OC(F)(F)Cl)cc4)cc(-c4cnc5c(c4)C(=O)CC5)c3n21. The first-order valence-corrected chi connectivity index (χ1v) is 12.4. The molecule has 11 heteroatoms. The highest BCUT2D eigenvalue weighted by Crippen LogP contribution is 2.36. The van der Waals surface area contributed by atoms with Gasteiger partial charge in [0.15, 0.2) is 5.78 Å². The van der Waals surface area contributed by atoms with Gasteiger partial charge in [-0.15, -0.1) is 8.78 Å². The van der Waals surface area contributed by atoms with E-state index in [-0.39, 0.29) is 17.6 Å². The summed E-state index contributed by atoms with van der Waals surface area (Å²) in [5.74, 6) is 0.223. The van der Waals surface area contributed by atoms with Crippen molar-refractivity contribution in [1.82, 2.24) is 14.5 Å². The summed E-state index contributed by atoms with van der Waals surface area (Å²) in [4.78, 5) is 35.0.